The summed E-state index contributed by atoms with van der Waals surface area (Å²) >= 11 is 7.64. The van der Waals surface area contributed by atoms with E-state index in [2.05, 4.69) is 5.32 Å². The highest BCUT2D eigenvalue weighted by atomic mass is 35.5. The molecular formula is C23H19ClN2O3S. The molecule has 2 heterocycles. The van der Waals surface area contributed by atoms with Crippen LogP contribution in [-0.2, 0) is 9.59 Å². The summed E-state index contributed by atoms with van der Waals surface area (Å²) in [6, 6.07) is 14.5. The number of anilines is 2. The van der Waals surface area contributed by atoms with Crippen molar-refractivity contribution in [2.75, 3.05) is 17.3 Å². The fourth-order valence-corrected chi connectivity index (χ4v) is 4.52. The molecule has 1 aromatic heterocycles. The standard InChI is InChI=1S/C23H19ClN2O3S/c1-13-9-14(2)11-16(10-13)26-22(27)20(19-5-4-8-30-19)21(23(26)28)25-15-6-7-18(29-3)17(24)12-15/h4-12,25H,1-3H3. The summed E-state index contributed by atoms with van der Waals surface area (Å²) in [4.78, 5) is 28.7. The van der Waals surface area contributed by atoms with E-state index in [0.717, 1.165) is 16.0 Å². The molecule has 0 saturated heterocycles. The molecule has 0 unspecified atom stereocenters. The highest BCUT2D eigenvalue weighted by molar-refractivity contribution is 7.11. The summed E-state index contributed by atoms with van der Waals surface area (Å²) in [5.41, 5.74) is 3.68. The molecule has 0 bridgehead atoms. The van der Waals surface area contributed by atoms with Gasteiger partial charge in [0, 0.05) is 10.6 Å². The highest BCUT2D eigenvalue weighted by Gasteiger charge is 2.40. The number of carbonyl (C=O) groups is 2. The third kappa shape index (κ3) is 3.60. The molecule has 0 atom stereocenters. The molecule has 0 spiro atoms. The minimum Gasteiger partial charge on any atom is -0.495 e. The molecular weight excluding hydrogens is 420 g/mol. The minimum atomic E-state index is -0.402. The molecule has 1 aliphatic heterocycles. The van der Waals surface area contributed by atoms with Crippen LogP contribution >= 0.6 is 22.9 Å². The van der Waals surface area contributed by atoms with Crippen molar-refractivity contribution in [3.05, 3.63) is 80.6 Å². The lowest BCUT2D eigenvalue weighted by molar-refractivity contribution is -0.120. The van der Waals surface area contributed by atoms with Gasteiger partial charge >= 0.3 is 0 Å². The third-order valence-electron chi connectivity index (χ3n) is 4.74. The van der Waals surface area contributed by atoms with Gasteiger partial charge in [-0.25, -0.2) is 4.90 Å². The number of nitrogens with zero attached hydrogens (tertiary/aromatic N) is 1. The summed E-state index contributed by atoms with van der Waals surface area (Å²) in [6.45, 7) is 3.88. The number of methoxy groups -OCH3 is 1. The van der Waals surface area contributed by atoms with Gasteiger partial charge in [-0.1, -0.05) is 23.7 Å². The molecule has 7 heteroatoms. The molecule has 2 amide bonds. The first-order chi connectivity index (χ1) is 14.4. The van der Waals surface area contributed by atoms with Crippen LogP contribution in [0.15, 0.2) is 59.6 Å². The number of benzene rings is 2. The van der Waals surface area contributed by atoms with Gasteiger partial charge in [0.25, 0.3) is 11.8 Å². The van der Waals surface area contributed by atoms with Crippen LogP contribution in [0.4, 0.5) is 11.4 Å². The Morgan fingerprint density at radius 2 is 1.73 bits per heavy atom. The Hall–Kier alpha value is -3.09. The summed E-state index contributed by atoms with van der Waals surface area (Å²) < 4.78 is 5.19. The van der Waals surface area contributed by atoms with Crippen molar-refractivity contribution in [1.29, 1.82) is 0 Å². The number of thiophene rings is 1. The van der Waals surface area contributed by atoms with Crippen LogP contribution in [0.1, 0.15) is 16.0 Å². The smallest absolute Gasteiger partial charge is 0.282 e. The van der Waals surface area contributed by atoms with E-state index >= 15 is 0 Å². The average molecular weight is 439 g/mol. The monoisotopic (exact) mass is 438 g/mol. The average Bonchev–Trinajstić information content (AvgIpc) is 3.28. The molecule has 3 aromatic rings. The molecule has 1 N–H and O–H groups in total. The molecule has 5 nitrogen and oxygen atoms in total. The summed E-state index contributed by atoms with van der Waals surface area (Å²) in [5.74, 6) is -0.227. The molecule has 1 aliphatic rings. The van der Waals surface area contributed by atoms with E-state index in [1.165, 1.54) is 23.3 Å². The van der Waals surface area contributed by atoms with Crippen molar-refractivity contribution >= 4 is 51.7 Å². The van der Waals surface area contributed by atoms with Crippen LogP contribution in [0.2, 0.25) is 5.02 Å². The first-order valence-electron chi connectivity index (χ1n) is 9.25. The predicted octanol–water partition coefficient (Wildman–Crippen LogP) is 5.42. The normalized spacial score (nSPS) is 13.9. The van der Waals surface area contributed by atoms with Crippen LogP contribution in [-0.4, -0.2) is 18.9 Å². The van der Waals surface area contributed by atoms with E-state index in [1.807, 2.05) is 49.6 Å². The second-order valence-corrected chi connectivity index (χ2v) is 8.35. The SMILES string of the molecule is COc1ccc(NC2=C(c3cccs3)C(=O)N(c3cc(C)cc(C)c3)C2=O)cc1Cl. The second kappa shape index (κ2) is 7.97. The van der Waals surface area contributed by atoms with Crippen molar-refractivity contribution in [3.8, 4) is 5.75 Å². The lowest BCUT2D eigenvalue weighted by atomic mass is 10.1. The molecule has 0 aliphatic carbocycles. The maximum atomic E-state index is 13.4. The fourth-order valence-electron chi connectivity index (χ4n) is 3.50. The molecule has 0 radical (unpaired) electrons. The maximum Gasteiger partial charge on any atom is 0.282 e. The number of hydrogen-bond donors (Lipinski definition) is 1. The minimum absolute atomic E-state index is 0.225. The summed E-state index contributed by atoms with van der Waals surface area (Å²) in [7, 11) is 1.53. The van der Waals surface area contributed by atoms with E-state index in [0.29, 0.717) is 27.7 Å². The van der Waals surface area contributed by atoms with Gasteiger partial charge in [-0.2, -0.15) is 0 Å². The Kier molecular flexibility index (Phi) is 5.37. The Bertz CT molecular complexity index is 1160. The number of imide groups is 1. The Balaban J connectivity index is 1.79. The van der Waals surface area contributed by atoms with E-state index in [4.69, 9.17) is 16.3 Å². The van der Waals surface area contributed by atoms with E-state index in [1.54, 1.807) is 18.2 Å². The predicted molar refractivity (Wildman–Crippen MR) is 121 cm³/mol. The lowest BCUT2D eigenvalue weighted by Gasteiger charge is -2.17. The van der Waals surface area contributed by atoms with E-state index in [9.17, 15) is 9.59 Å². The molecule has 30 heavy (non-hydrogen) atoms. The fraction of sp³-hybridized carbons (Fsp3) is 0.130. The zero-order valence-electron chi connectivity index (χ0n) is 16.7. The van der Waals surface area contributed by atoms with Crippen molar-refractivity contribution in [2.24, 2.45) is 0 Å². The van der Waals surface area contributed by atoms with Gasteiger partial charge in [-0.15, -0.1) is 11.3 Å². The van der Waals surface area contributed by atoms with E-state index < -0.39 is 5.91 Å². The van der Waals surface area contributed by atoms with Crippen LogP contribution in [0.3, 0.4) is 0 Å². The number of hydrogen-bond acceptors (Lipinski definition) is 5. The number of ether oxygens (including phenoxy) is 1. The van der Waals surface area contributed by atoms with Gasteiger partial charge in [-0.05, 0) is 66.8 Å². The van der Waals surface area contributed by atoms with E-state index in [-0.39, 0.29) is 11.6 Å². The van der Waals surface area contributed by atoms with Gasteiger partial charge in [0.05, 0.1) is 23.4 Å². The number of carbonyl (C=O) groups excluding carboxylic acids is 2. The topological polar surface area (TPSA) is 58.6 Å². The van der Waals surface area contributed by atoms with Crippen molar-refractivity contribution in [1.82, 2.24) is 0 Å². The van der Waals surface area contributed by atoms with Gasteiger partial charge in [0.1, 0.15) is 11.4 Å². The number of nitrogens with one attached hydrogen (secondary N) is 1. The zero-order valence-corrected chi connectivity index (χ0v) is 18.2. The summed E-state index contributed by atoms with van der Waals surface area (Å²) in [5, 5.41) is 5.40. The first-order valence-corrected chi connectivity index (χ1v) is 10.5. The van der Waals surface area contributed by atoms with Crippen LogP contribution < -0.4 is 15.0 Å². The molecule has 0 fully saturated rings. The maximum absolute atomic E-state index is 13.4. The highest BCUT2D eigenvalue weighted by Crippen LogP contribution is 2.37. The van der Waals surface area contributed by atoms with Crippen molar-refractivity contribution in [3.63, 3.8) is 0 Å². The van der Waals surface area contributed by atoms with Crippen LogP contribution in [0.5, 0.6) is 5.75 Å². The molecule has 4 rings (SSSR count). The Labute approximate surface area is 183 Å². The Morgan fingerprint density at radius 1 is 1.00 bits per heavy atom. The number of aryl methyl sites for hydroxylation is 2. The number of amides is 2. The van der Waals surface area contributed by atoms with Gasteiger partial charge in [-0.3, -0.25) is 9.59 Å². The summed E-state index contributed by atoms with van der Waals surface area (Å²) in [6.07, 6.45) is 0. The number of rotatable bonds is 5. The molecule has 0 saturated carbocycles. The van der Waals surface area contributed by atoms with Crippen molar-refractivity contribution in [2.45, 2.75) is 13.8 Å². The number of halogens is 1. The quantitative estimate of drug-likeness (QED) is 0.540. The largest absolute Gasteiger partial charge is 0.495 e. The second-order valence-electron chi connectivity index (χ2n) is 6.99. The lowest BCUT2D eigenvalue weighted by Crippen LogP contribution is -2.32. The molecule has 2 aromatic carbocycles. The third-order valence-corrected chi connectivity index (χ3v) is 5.92. The van der Waals surface area contributed by atoms with Crippen LogP contribution in [0.25, 0.3) is 5.57 Å². The molecule has 152 valence electrons. The first kappa shape index (κ1) is 20.2. The Morgan fingerprint density at radius 3 is 2.33 bits per heavy atom. The van der Waals surface area contributed by atoms with Gasteiger partial charge in [0.2, 0.25) is 0 Å². The van der Waals surface area contributed by atoms with Crippen LogP contribution in [0, 0.1) is 13.8 Å². The zero-order chi connectivity index (χ0) is 21.4. The van der Waals surface area contributed by atoms with Gasteiger partial charge in [0.15, 0.2) is 0 Å². The van der Waals surface area contributed by atoms with Crippen molar-refractivity contribution < 1.29 is 14.3 Å². The van der Waals surface area contributed by atoms with Gasteiger partial charge < -0.3 is 10.1 Å².